The minimum absolute atomic E-state index is 0.156. The van der Waals surface area contributed by atoms with Gasteiger partial charge in [-0.2, -0.15) is 0 Å². The highest BCUT2D eigenvalue weighted by Gasteiger charge is 2.32. The van der Waals surface area contributed by atoms with E-state index in [-0.39, 0.29) is 34.3 Å². The summed E-state index contributed by atoms with van der Waals surface area (Å²) in [4.78, 5) is 0. The quantitative estimate of drug-likeness (QED) is 0.129. The van der Waals surface area contributed by atoms with Crippen molar-refractivity contribution in [3.8, 4) is 39.9 Å². The second-order valence-corrected chi connectivity index (χ2v) is 20.3. The normalized spacial score (nSPS) is 12.9. The van der Waals surface area contributed by atoms with Gasteiger partial charge in [0, 0.05) is 33.0 Å². The molecule has 0 aliphatic heterocycles. The topological polar surface area (TPSA) is 46.2 Å². The second kappa shape index (κ2) is 16.2. The van der Waals surface area contributed by atoms with E-state index in [1.165, 1.54) is 5.56 Å². The van der Waals surface area contributed by atoms with Crippen LogP contribution in [0.1, 0.15) is 111 Å². The Kier molecular flexibility index (Phi) is 12.0. The third-order valence-electron chi connectivity index (χ3n) is 10.1. The molecule has 0 fully saturated rings. The van der Waals surface area contributed by atoms with E-state index in [9.17, 15) is 0 Å². The standard InChI is InChI=1S/C50H60O5P2/c1-31-23-25-33-19-15-17-21-37(33)43(31)52-56-54-45-39(27-35(47(3,4)5)28-41(45)48(6,7)8)40-29-36(51-50(12,13)14)30-42(49(9,10)11)46(40)55-57-53-44-32(2)24-26-34-20-16-18-22-38(34)44/h15-30,56-57H,1-14H3. The van der Waals surface area contributed by atoms with Gasteiger partial charge in [0.1, 0.15) is 34.3 Å². The summed E-state index contributed by atoms with van der Waals surface area (Å²) >= 11 is 0. The maximum atomic E-state index is 6.96. The minimum atomic E-state index is -0.430. The van der Waals surface area contributed by atoms with Gasteiger partial charge in [-0.25, -0.2) is 0 Å². The van der Waals surface area contributed by atoms with Gasteiger partial charge in [-0.15, -0.1) is 0 Å². The highest BCUT2D eigenvalue weighted by atomic mass is 31.1. The molecular formula is C50H60O5P2. The number of hydrogen-bond acceptors (Lipinski definition) is 5. The summed E-state index contributed by atoms with van der Waals surface area (Å²) in [5, 5.41) is 4.37. The summed E-state index contributed by atoms with van der Waals surface area (Å²) < 4.78 is 33.8. The zero-order chi connectivity index (χ0) is 41.5. The second-order valence-electron chi connectivity index (χ2n) is 19.2. The van der Waals surface area contributed by atoms with Gasteiger partial charge in [0.15, 0.2) is 0 Å². The van der Waals surface area contributed by atoms with Crippen molar-refractivity contribution in [3.05, 3.63) is 125 Å². The van der Waals surface area contributed by atoms with Crippen molar-refractivity contribution in [2.45, 2.75) is 119 Å². The first kappa shape index (κ1) is 42.3. The van der Waals surface area contributed by atoms with Gasteiger partial charge in [0.25, 0.3) is 18.1 Å². The van der Waals surface area contributed by atoms with Crippen molar-refractivity contribution in [1.29, 1.82) is 0 Å². The fraction of sp³-hybridized carbons (Fsp3) is 0.360. The van der Waals surface area contributed by atoms with E-state index in [1.807, 2.05) is 12.1 Å². The van der Waals surface area contributed by atoms with Crippen molar-refractivity contribution in [3.63, 3.8) is 0 Å². The van der Waals surface area contributed by atoms with Gasteiger partial charge in [-0.1, -0.05) is 141 Å². The van der Waals surface area contributed by atoms with Crippen LogP contribution in [0.25, 0.3) is 32.7 Å². The highest BCUT2D eigenvalue weighted by Crippen LogP contribution is 2.52. The Bertz CT molecular complexity index is 2410. The number of aryl methyl sites for hydroxylation is 2. The molecule has 5 nitrogen and oxygen atoms in total. The lowest BCUT2D eigenvalue weighted by atomic mass is 9.77. The first-order valence-corrected chi connectivity index (χ1v) is 21.5. The van der Waals surface area contributed by atoms with Crippen LogP contribution in [-0.2, 0) is 16.2 Å². The van der Waals surface area contributed by atoms with E-state index in [2.05, 4.69) is 182 Å². The zero-order valence-corrected chi connectivity index (χ0v) is 38.3. The maximum Gasteiger partial charge on any atom is 0.275 e. The van der Waals surface area contributed by atoms with Gasteiger partial charge in [-0.05, 0) is 96.5 Å². The zero-order valence-electron chi connectivity index (χ0n) is 36.3. The highest BCUT2D eigenvalue weighted by molar-refractivity contribution is 7.27. The molecule has 2 atom stereocenters. The maximum absolute atomic E-state index is 6.96. The molecule has 0 saturated carbocycles. The van der Waals surface area contributed by atoms with Crippen molar-refractivity contribution in [2.75, 3.05) is 0 Å². The summed E-state index contributed by atoms with van der Waals surface area (Å²) in [6.07, 6.45) is 0. The van der Waals surface area contributed by atoms with Crippen LogP contribution in [0.2, 0.25) is 0 Å². The van der Waals surface area contributed by atoms with E-state index in [0.717, 1.165) is 83.7 Å². The summed E-state index contributed by atoms with van der Waals surface area (Å²) in [5.74, 6) is 3.92. The van der Waals surface area contributed by atoms with Crippen LogP contribution < -0.4 is 22.8 Å². The monoisotopic (exact) mass is 802 g/mol. The summed E-state index contributed by atoms with van der Waals surface area (Å²) in [7, 11) is -0.619. The number of fused-ring (bicyclic) bond motifs is 2. The lowest BCUT2D eigenvalue weighted by molar-refractivity contribution is 0.130. The number of hydrogen-bond donors (Lipinski definition) is 0. The fourth-order valence-electron chi connectivity index (χ4n) is 6.99. The average molecular weight is 803 g/mol. The Hall–Kier alpha value is -4.30. The van der Waals surface area contributed by atoms with Crippen molar-refractivity contribution in [2.24, 2.45) is 0 Å². The van der Waals surface area contributed by atoms with Gasteiger partial charge in [0.2, 0.25) is 0 Å². The van der Waals surface area contributed by atoms with E-state index in [4.69, 9.17) is 22.8 Å². The third kappa shape index (κ3) is 9.71. The molecule has 0 aliphatic carbocycles. The van der Waals surface area contributed by atoms with Crippen molar-refractivity contribution in [1.82, 2.24) is 0 Å². The predicted octanol–water partition coefficient (Wildman–Crippen LogP) is 15.3. The lowest BCUT2D eigenvalue weighted by Crippen LogP contribution is -2.23. The Morgan fingerprint density at radius 2 is 0.842 bits per heavy atom. The number of benzene rings is 6. The molecule has 0 aromatic heterocycles. The predicted molar refractivity (Wildman–Crippen MR) is 245 cm³/mol. The van der Waals surface area contributed by atoms with Crippen LogP contribution in [0, 0.1) is 13.8 Å². The van der Waals surface area contributed by atoms with Crippen molar-refractivity contribution >= 4 is 39.6 Å². The largest absolute Gasteiger partial charge is 0.488 e. The molecular weight excluding hydrogens is 742 g/mol. The molecule has 0 bridgehead atoms. The molecule has 0 saturated heterocycles. The third-order valence-corrected chi connectivity index (χ3v) is 11.2. The molecule has 0 amide bonds. The first-order valence-electron chi connectivity index (χ1n) is 19.8. The fourth-order valence-corrected chi connectivity index (χ4v) is 8.39. The molecule has 6 aromatic rings. The molecule has 7 heteroatoms. The Morgan fingerprint density at radius 1 is 0.421 bits per heavy atom. The molecule has 57 heavy (non-hydrogen) atoms. The van der Waals surface area contributed by atoms with E-state index in [0.29, 0.717) is 0 Å². The SMILES string of the molecule is Cc1ccc2ccccc2c1OPOc1c(-c2cc(C(C)(C)C)cc(C(C)(C)C)c2OPOc2c(C)ccc3ccccc23)cc(OC(C)(C)C)cc1C(C)(C)C. The summed E-state index contributed by atoms with van der Waals surface area (Å²) in [6.45, 7) is 30.5. The minimum Gasteiger partial charge on any atom is -0.488 e. The Morgan fingerprint density at radius 3 is 1.28 bits per heavy atom. The molecule has 0 N–H and O–H groups in total. The molecule has 0 heterocycles. The Labute approximate surface area is 344 Å². The Balaban J connectivity index is 1.55. The van der Waals surface area contributed by atoms with Gasteiger partial charge >= 0.3 is 0 Å². The van der Waals surface area contributed by atoms with Crippen LogP contribution in [-0.4, -0.2) is 5.60 Å². The van der Waals surface area contributed by atoms with Gasteiger partial charge in [0.05, 0.1) is 0 Å². The smallest absolute Gasteiger partial charge is 0.275 e. The lowest BCUT2D eigenvalue weighted by Gasteiger charge is -2.31. The van der Waals surface area contributed by atoms with Crippen LogP contribution >= 0.6 is 18.1 Å². The van der Waals surface area contributed by atoms with Crippen molar-refractivity contribution < 1.29 is 22.8 Å². The molecule has 0 aliphatic rings. The van der Waals surface area contributed by atoms with Crippen LogP contribution in [0.4, 0.5) is 0 Å². The molecule has 6 rings (SSSR count). The number of ether oxygens (including phenoxy) is 1. The molecule has 2 unspecified atom stereocenters. The molecule has 6 aromatic carbocycles. The van der Waals surface area contributed by atoms with E-state index >= 15 is 0 Å². The van der Waals surface area contributed by atoms with E-state index in [1.54, 1.807) is 0 Å². The number of rotatable bonds is 10. The first-order chi connectivity index (χ1) is 26.6. The van der Waals surface area contributed by atoms with E-state index < -0.39 is 5.60 Å². The molecule has 0 radical (unpaired) electrons. The summed E-state index contributed by atoms with van der Waals surface area (Å²) in [5.41, 5.74) is 6.04. The van der Waals surface area contributed by atoms with Gasteiger partial charge < -0.3 is 22.8 Å². The average Bonchev–Trinajstić information content (AvgIpc) is 3.11. The molecule has 300 valence electrons. The van der Waals surface area contributed by atoms with Crippen LogP contribution in [0.15, 0.2) is 97.1 Å². The van der Waals surface area contributed by atoms with Crippen LogP contribution in [0.3, 0.4) is 0 Å². The van der Waals surface area contributed by atoms with Crippen LogP contribution in [0.5, 0.6) is 28.7 Å². The van der Waals surface area contributed by atoms with Gasteiger partial charge in [-0.3, -0.25) is 0 Å². The molecule has 0 spiro atoms. The summed E-state index contributed by atoms with van der Waals surface area (Å²) in [6, 6.07) is 33.9.